The molecule has 8 aromatic rings. The smallest absolute Gasteiger partial charge is 0.127 e. The van der Waals surface area contributed by atoms with Gasteiger partial charge in [-0.2, -0.15) is 0 Å². The minimum Gasteiger partial charge on any atom is -0.496 e. The summed E-state index contributed by atoms with van der Waals surface area (Å²) in [6, 6.07) is 42.5. The van der Waals surface area contributed by atoms with Gasteiger partial charge in [0.1, 0.15) is 11.5 Å². The van der Waals surface area contributed by atoms with Crippen LogP contribution >= 0.6 is 0 Å². The Hall–Kier alpha value is -5.74. The standard InChI is InChI=1S/C40H28N2O2/c1-43-37-19-15-27-23-25(29-7-3-11-35-33(29)9-5-21-41-35)13-17-31(27)39(37)40-32-18-14-26(24-28(32)16-20-38(40)44-2)30-8-4-12-36-34(30)10-6-22-42-36/h3-24H,1-2H3. The van der Waals surface area contributed by atoms with Crippen LogP contribution in [-0.2, 0) is 0 Å². The molecule has 44 heavy (non-hydrogen) atoms. The Bertz CT molecular complexity index is 2200. The van der Waals surface area contributed by atoms with E-state index in [-0.39, 0.29) is 0 Å². The fourth-order valence-electron chi connectivity index (χ4n) is 6.52. The molecule has 0 saturated carbocycles. The molecule has 8 rings (SSSR count). The van der Waals surface area contributed by atoms with Crippen molar-refractivity contribution in [3.05, 3.63) is 134 Å². The van der Waals surface area contributed by atoms with E-state index >= 15 is 0 Å². The molecule has 2 aromatic heterocycles. The molecular weight excluding hydrogens is 540 g/mol. The van der Waals surface area contributed by atoms with Crippen LogP contribution in [0, 0.1) is 0 Å². The molecule has 4 heteroatoms. The number of fused-ring (bicyclic) bond motifs is 4. The lowest BCUT2D eigenvalue weighted by molar-refractivity contribution is 0.411. The van der Waals surface area contributed by atoms with Gasteiger partial charge in [-0.05, 0) is 92.3 Å². The summed E-state index contributed by atoms with van der Waals surface area (Å²) in [5.41, 5.74) is 8.61. The highest BCUT2D eigenvalue weighted by molar-refractivity contribution is 6.12. The number of benzene rings is 6. The second kappa shape index (κ2) is 10.5. The molecule has 0 fully saturated rings. The van der Waals surface area contributed by atoms with Crippen LogP contribution in [0.2, 0.25) is 0 Å². The second-order valence-electron chi connectivity index (χ2n) is 10.9. The normalized spacial score (nSPS) is 11.4. The van der Waals surface area contributed by atoms with E-state index in [1.165, 1.54) is 0 Å². The second-order valence-corrected chi connectivity index (χ2v) is 10.9. The van der Waals surface area contributed by atoms with E-state index in [1.807, 2.05) is 24.5 Å². The Morgan fingerprint density at radius 1 is 0.432 bits per heavy atom. The average molecular weight is 569 g/mol. The molecule has 0 bridgehead atoms. The average Bonchev–Trinajstić information content (AvgIpc) is 3.09. The highest BCUT2D eigenvalue weighted by Crippen LogP contribution is 2.46. The number of nitrogens with zero attached hydrogens (tertiary/aromatic N) is 2. The molecule has 210 valence electrons. The molecule has 0 atom stereocenters. The molecule has 0 saturated heterocycles. The first kappa shape index (κ1) is 25.9. The van der Waals surface area contributed by atoms with Crippen molar-refractivity contribution < 1.29 is 9.47 Å². The van der Waals surface area contributed by atoms with Gasteiger partial charge < -0.3 is 9.47 Å². The summed E-state index contributed by atoms with van der Waals surface area (Å²) < 4.78 is 12.0. The van der Waals surface area contributed by atoms with E-state index in [4.69, 9.17) is 9.47 Å². The molecule has 6 aromatic carbocycles. The summed E-state index contributed by atoms with van der Waals surface area (Å²) in [4.78, 5) is 9.12. The molecule has 0 unspecified atom stereocenters. The van der Waals surface area contributed by atoms with Crippen LogP contribution < -0.4 is 9.47 Å². The number of hydrogen-bond acceptors (Lipinski definition) is 4. The lowest BCUT2D eigenvalue weighted by atomic mass is 9.89. The molecule has 0 radical (unpaired) electrons. The first-order chi connectivity index (χ1) is 21.7. The van der Waals surface area contributed by atoms with Gasteiger partial charge in [0, 0.05) is 34.3 Å². The van der Waals surface area contributed by atoms with Gasteiger partial charge in [0.15, 0.2) is 0 Å². The first-order valence-corrected chi connectivity index (χ1v) is 14.6. The maximum absolute atomic E-state index is 6.00. The highest BCUT2D eigenvalue weighted by atomic mass is 16.5. The summed E-state index contributed by atoms with van der Waals surface area (Å²) in [5, 5.41) is 6.72. The summed E-state index contributed by atoms with van der Waals surface area (Å²) in [5.74, 6) is 1.60. The zero-order valence-corrected chi connectivity index (χ0v) is 24.4. The van der Waals surface area contributed by atoms with Gasteiger partial charge in [-0.15, -0.1) is 0 Å². The molecule has 0 N–H and O–H groups in total. The van der Waals surface area contributed by atoms with Crippen molar-refractivity contribution in [2.75, 3.05) is 14.2 Å². The lowest BCUT2D eigenvalue weighted by Gasteiger charge is -2.19. The summed E-state index contributed by atoms with van der Waals surface area (Å²) in [6.45, 7) is 0. The molecule has 0 aliphatic carbocycles. The number of aromatic nitrogens is 2. The van der Waals surface area contributed by atoms with E-state index < -0.39 is 0 Å². The van der Waals surface area contributed by atoms with Gasteiger partial charge in [-0.1, -0.05) is 72.8 Å². The van der Waals surface area contributed by atoms with E-state index in [1.54, 1.807) is 14.2 Å². The van der Waals surface area contributed by atoms with Crippen LogP contribution in [0.4, 0.5) is 0 Å². The number of hydrogen-bond donors (Lipinski definition) is 0. The van der Waals surface area contributed by atoms with Crippen molar-refractivity contribution in [2.24, 2.45) is 0 Å². The van der Waals surface area contributed by atoms with Crippen molar-refractivity contribution in [3.8, 4) is 44.9 Å². The zero-order valence-electron chi connectivity index (χ0n) is 24.4. The molecule has 0 aliphatic heterocycles. The minimum absolute atomic E-state index is 0.801. The fraction of sp³-hybridized carbons (Fsp3) is 0.0500. The Balaban J connectivity index is 1.34. The Kier molecular flexibility index (Phi) is 6.20. The van der Waals surface area contributed by atoms with Gasteiger partial charge in [0.25, 0.3) is 0 Å². The van der Waals surface area contributed by atoms with Crippen molar-refractivity contribution in [3.63, 3.8) is 0 Å². The van der Waals surface area contributed by atoms with Crippen molar-refractivity contribution in [1.29, 1.82) is 0 Å². The van der Waals surface area contributed by atoms with Crippen LogP contribution in [0.15, 0.2) is 134 Å². The third-order valence-corrected chi connectivity index (χ3v) is 8.57. The number of rotatable bonds is 5. The monoisotopic (exact) mass is 568 g/mol. The Morgan fingerprint density at radius 3 is 1.36 bits per heavy atom. The van der Waals surface area contributed by atoms with E-state index in [9.17, 15) is 0 Å². The van der Waals surface area contributed by atoms with Gasteiger partial charge in [0.05, 0.1) is 25.3 Å². The molecule has 0 aliphatic rings. The highest BCUT2D eigenvalue weighted by Gasteiger charge is 2.19. The predicted octanol–water partition coefficient (Wildman–Crippen LogP) is 10.1. The number of methoxy groups -OCH3 is 2. The quantitative estimate of drug-likeness (QED) is 0.207. The summed E-state index contributed by atoms with van der Waals surface area (Å²) in [7, 11) is 3.46. The topological polar surface area (TPSA) is 44.2 Å². The van der Waals surface area contributed by atoms with Crippen molar-refractivity contribution >= 4 is 43.4 Å². The van der Waals surface area contributed by atoms with Crippen molar-refractivity contribution in [1.82, 2.24) is 9.97 Å². The fourth-order valence-corrected chi connectivity index (χ4v) is 6.52. The van der Waals surface area contributed by atoms with Crippen LogP contribution in [0.25, 0.3) is 76.7 Å². The third-order valence-electron chi connectivity index (χ3n) is 8.57. The van der Waals surface area contributed by atoms with Crippen LogP contribution in [0.5, 0.6) is 11.5 Å². The lowest BCUT2D eigenvalue weighted by Crippen LogP contribution is -1.95. The van der Waals surface area contributed by atoms with E-state index in [0.29, 0.717) is 0 Å². The van der Waals surface area contributed by atoms with Crippen LogP contribution in [0.3, 0.4) is 0 Å². The number of pyridine rings is 2. The molecule has 4 nitrogen and oxygen atoms in total. The maximum atomic E-state index is 6.00. The third kappa shape index (κ3) is 4.15. The van der Waals surface area contributed by atoms with Crippen LogP contribution in [0.1, 0.15) is 0 Å². The molecule has 0 spiro atoms. The minimum atomic E-state index is 0.801. The van der Waals surface area contributed by atoms with E-state index in [2.05, 4.69) is 119 Å². The van der Waals surface area contributed by atoms with Gasteiger partial charge in [-0.25, -0.2) is 0 Å². The SMILES string of the molecule is COc1ccc2cc(-c3cccc4ncccc34)ccc2c1-c1c(OC)ccc2cc(-c3cccc4ncccc34)ccc12. The van der Waals surface area contributed by atoms with Crippen molar-refractivity contribution in [2.45, 2.75) is 0 Å². The Labute approximate surface area is 255 Å². The van der Waals surface area contributed by atoms with E-state index in [0.717, 1.165) is 88.2 Å². The molecular formula is C40H28N2O2. The summed E-state index contributed by atoms with van der Waals surface area (Å²) in [6.07, 6.45) is 3.68. The Morgan fingerprint density at radius 2 is 0.909 bits per heavy atom. The molecule has 0 amide bonds. The number of ether oxygens (including phenoxy) is 2. The van der Waals surface area contributed by atoms with Gasteiger partial charge >= 0.3 is 0 Å². The summed E-state index contributed by atoms with van der Waals surface area (Å²) >= 11 is 0. The first-order valence-electron chi connectivity index (χ1n) is 14.6. The molecule has 2 heterocycles. The largest absolute Gasteiger partial charge is 0.496 e. The van der Waals surface area contributed by atoms with Gasteiger partial charge in [-0.3, -0.25) is 9.97 Å². The van der Waals surface area contributed by atoms with Crippen LogP contribution in [-0.4, -0.2) is 24.2 Å². The zero-order chi connectivity index (χ0) is 29.6. The maximum Gasteiger partial charge on any atom is 0.127 e. The van der Waals surface area contributed by atoms with Gasteiger partial charge in [0.2, 0.25) is 0 Å². The predicted molar refractivity (Wildman–Crippen MR) is 181 cm³/mol.